The molecule has 0 aliphatic heterocycles. The highest BCUT2D eigenvalue weighted by Gasteiger charge is 2.16. The number of rotatable bonds is 6. The van der Waals surface area contributed by atoms with Crippen LogP contribution in [0.5, 0.6) is 0 Å². The predicted molar refractivity (Wildman–Crippen MR) is 98.8 cm³/mol. The summed E-state index contributed by atoms with van der Waals surface area (Å²) in [4.78, 5) is 13.8. The summed E-state index contributed by atoms with van der Waals surface area (Å²) in [5.41, 5.74) is 2.13. The van der Waals surface area contributed by atoms with Crippen molar-refractivity contribution in [2.24, 2.45) is 0 Å². The van der Waals surface area contributed by atoms with Gasteiger partial charge in [-0.25, -0.2) is 13.4 Å². The molecule has 0 amide bonds. The number of hydrogen-bond acceptors (Lipinski definition) is 4. The number of sulfonamides is 1. The number of benzene rings is 2. The van der Waals surface area contributed by atoms with Crippen molar-refractivity contribution in [2.75, 3.05) is 4.72 Å². The van der Waals surface area contributed by atoms with Crippen LogP contribution < -0.4 is 14.8 Å². The minimum Gasteiger partial charge on any atom is -0.545 e. The van der Waals surface area contributed by atoms with Gasteiger partial charge in [-0.3, -0.25) is 4.72 Å². The van der Waals surface area contributed by atoms with Crippen LogP contribution in [-0.4, -0.2) is 14.4 Å². The smallest absolute Gasteiger partial charge is 0.261 e. The SMILES string of the molecule is O=C([O-])c1cc(S(=O)(=O)Nc2ccc(Cc3cc[nH+]cc3)cc2)ccc1Cl. The van der Waals surface area contributed by atoms with Gasteiger partial charge in [-0.05, 0) is 47.9 Å². The molecule has 0 saturated carbocycles. The second-order valence-electron chi connectivity index (χ2n) is 5.82. The Morgan fingerprint density at radius 3 is 2.26 bits per heavy atom. The van der Waals surface area contributed by atoms with Gasteiger partial charge in [0.15, 0.2) is 12.4 Å². The molecule has 138 valence electrons. The summed E-state index contributed by atoms with van der Waals surface area (Å²) >= 11 is 5.75. The molecule has 0 aliphatic carbocycles. The van der Waals surface area contributed by atoms with E-state index in [1.165, 1.54) is 12.1 Å². The van der Waals surface area contributed by atoms with E-state index in [4.69, 9.17) is 11.6 Å². The van der Waals surface area contributed by atoms with Crippen molar-refractivity contribution in [2.45, 2.75) is 11.3 Å². The van der Waals surface area contributed by atoms with E-state index in [0.717, 1.165) is 17.2 Å². The maximum Gasteiger partial charge on any atom is 0.261 e. The maximum atomic E-state index is 12.5. The molecule has 8 heteroatoms. The molecular formula is C19H15ClN2O4S. The molecule has 3 aromatic rings. The number of carbonyl (C=O) groups is 1. The van der Waals surface area contributed by atoms with Crippen LogP contribution in [-0.2, 0) is 16.4 Å². The van der Waals surface area contributed by atoms with Crippen molar-refractivity contribution in [3.05, 3.63) is 88.7 Å². The molecule has 1 heterocycles. The van der Waals surface area contributed by atoms with Crippen LogP contribution in [0.3, 0.4) is 0 Å². The first kappa shape index (κ1) is 18.9. The third-order valence-electron chi connectivity index (χ3n) is 3.87. The largest absolute Gasteiger partial charge is 0.545 e. The topological polar surface area (TPSA) is 100 Å². The fourth-order valence-electron chi connectivity index (χ4n) is 2.51. The highest BCUT2D eigenvalue weighted by atomic mass is 35.5. The van der Waals surface area contributed by atoms with Gasteiger partial charge in [0, 0.05) is 28.4 Å². The van der Waals surface area contributed by atoms with Crippen LogP contribution in [0.15, 0.2) is 71.9 Å². The van der Waals surface area contributed by atoms with Gasteiger partial charge >= 0.3 is 0 Å². The van der Waals surface area contributed by atoms with Gasteiger partial charge in [0.25, 0.3) is 10.0 Å². The zero-order chi connectivity index (χ0) is 19.4. The maximum absolute atomic E-state index is 12.5. The van der Waals surface area contributed by atoms with Crippen LogP contribution in [0.4, 0.5) is 5.69 Å². The molecule has 0 aliphatic rings. The molecule has 2 N–H and O–H groups in total. The molecule has 3 rings (SSSR count). The Morgan fingerprint density at radius 1 is 1.00 bits per heavy atom. The lowest BCUT2D eigenvalue weighted by Gasteiger charge is -2.11. The summed E-state index contributed by atoms with van der Waals surface area (Å²) in [5, 5.41) is 10.9. The number of carbonyl (C=O) groups excluding carboxylic acids is 1. The van der Waals surface area contributed by atoms with E-state index in [2.05, 4.69) is 9.71 Å². The number of aromatic nitrogens is 1. The zero-order valence-electron chi connectivity index (χ0n) is 14.0. The number of anilines is 1. The van der Waals surface area contributed by atoms with Crippen LogP contribution >= 0.6 is 11.6 Å². The fraction of sp³-hybridized carbons (Fsp3) is 0.0526. The van der Waals surface area contributed by atoms with Crippen molar-refractivity contribution < 1.29 is 23.3 Å². The van der Waals surface area contributed by atoms with Crippen molar-refractivity contribution in [1.82, 2.24) is 0 Å². The summed E-state index contributed by atoms with van der Waals surface area (Å²) in [5.74, 6) is -1.54. The quantitative estimate of drug-likeness (QED) is 0.680. The Bertz CT molecular complexity index is 1070. The van der Waals surface area contributed by atoms with Gasteiger partial charge in [-0.2, -0.15) is 0 Å². The molecule has 2 aromatic carbocycles. The normalized spacial score (nSPS) is 11.1. The van der Waals surface area contributed by atoms with E-state index in [-0.39, 0.29) is 15.5 Å². The minimum atomic E-state index is -3.96. The molecule has 1 aromatic heterocycles. The molecule has 0 unspecified atom stereocenters. The van der Waals surface area contributed by atoms with Gasteiger partial charge in [0.05, 0.1) is 10.9 Å². The highest BCUT2D eigenvalue weighted by molar-refractivity contribution is 7.92. The van der Waals surface area contributed by atoms with Gasteiger partial charge in [0.2, 0.25) is 0 Å². The molecule has 0 atom stereocenters. The lowest BCUT2D eigenvalue weighted by atomic mass is 10.1. The molecule has 0 fully saturated rings. The Morgan fingerprint density at radius 2 is 1.63 bits per heavy atom. The second-order valence-corrected chi connectivity index (χ2v) is 7.91. The van der Waals surface area contributed by atoms with Crippen LogP contribution in [0.2, 0.25) is 5.02 Å². The van der Waals surface area contributed by atoms with Gasteiger partial charge in [0.1, 0.15) is 0 Å². The first-order valence-electron chi connectivity index (χ1n) is 7.93. The van der Waals surface area contributed by atoms with Gasteiger partial charge in [-0.15, -0.1) is 0 Å². The molecule has 6 nitrogen and oxygen atoms in total. The molecule has 0 radical (unpaired) electrons. The van der Waals surface area contributed by atoms with Gasteiger partial charge in [-0.1, -0.05) is 23.7 Å². The van der Waals surface area contributed by atoms with Crippen molar-refractivity contribution in [3.63, 3.8) is 0 Å². The number of aromatic carboxylic acids is 1. The van der Waals surface area contributed by atoms with Gasteiger partial charge < -0.3 is 9.90 Å². The third kappa shape index (κ3) is 4.64. The number of pyridine rings is 1. The number of hydrogen-bond donors (Lipinski definition) is 1. The fourth-order valence-corrected chi connectivity index (χ4v) is 3.79. The number of carboxylic acids is 1. The summed E-state index contributed by atoms with van der Waals surface area (Å²) < 4.78 is 27.4. The predicted octanol–water partition coefficient (Wildman–Crippen LogP) is 1.91. The summed E-state index contributed by atoms with van der Waals surface area (Å²) in [6.07, 6.45) is 4.39. The van der Waals surface area contributed by atoms with E-state index in [1.54, 1.807) is 12.1 Å². The van der Waals surface area contributed by atoms with Crippen molar-refractivity contribution in [1.29, 1.82) is 0 Å². The summed E-state index contributed by atoms with van der Waals surface area (Å²) in [6, 6.07) is 14.3. The number of halogens is 1. The van der Waals surface area contributed by atoms with Crippen molar-refractivity contribution >= 4 is 33.3 Å². The molecular weight excluding hydrogens is 388 g/mol. The average molecular weight is 403 g/mol. The van der Waals surface area contributed by atoms with Crippen LogP contribution in [0.25, 0.3) is 0 Å². The van der Waals surface area contributed by atoms with Crippen LogP contribution in [0, 0.1) is 0 Å². The second kappa shape index (κ2) is 7.77. The lowest BCUT2D eigenvalue weighted by molar-refractivity contribution is -0.378. The van der Waals surface area contributed by atoms with E-state index in [0.29, 0.717) is 12.1 Å². The standard InChI is InChI=1S/C19H15ClN2O4S/c20-18-6-5-16(12-17(18)19(23)24)27(25,26)22-15-3-1-13(2-4-15)11-14-7-9-21-10-8-14/h1-10,12,22H,11H2,(H,23,24). The Hall–Kier alpha value is -2.90. The summed E-state index contributed by atoms with van der Waals surface area (Å²) in [7, 11) is -3.96. The first-order valence-corrected chi connectivity index (χ1v) is 9.79. The van der Waals surface area contributed by atoms with E-state index in [1.807, 2.05) is 36.7 Å². The number of nitrogens with one attached hydrogen (secondary N) is 2. The monoisotopic (exact) mass is 402 g/mol. The van der Waals surface area contributed by atoms with Crippen LogP contribution in [0.1, 0.15) is 21.5 Å². The lowest BCUT2D eigenvalue weighted by Crippen LogP contribution is -2.23. The third-order valence-corrected chi connectivity index (χ3v) is 5.58. The Labute approximate surface area is 161 Å². The van der Waals surface area contributed by atoms with E-state index < -0.39 is 16.0 Å². The number of carboxylic acid groups (broad SMARTS) is 1. The minimum absolute atomic E-state index is 0.0863. The molecule has 0 spiro atoms. The molecule has 0 bridgehead atoms. The first-order chi connectivity index (χ1) is 12.8. The van der Waals surface area contributed by atoms with E-state index >= 15 is 0 Å². The zero-order valence-corrected chi connectivity index (χ0v) is 15.5. The van der Waals surface area contributed by atoms with E-state index in [9.17, 15) is 18.3 Å². The Kier molecular flexibility index (Phi) is 5.43. The van der Waals surface area contributed by atoms with Crippen molar-refractivity contribution in [3.8, 4) is 0 Å². The molecule has 0 saturated heterocycles. The molecule has 27 heavy (non-hydrogen) atoms. The highest BCUT2D eigenvalue weighted by Crippen LogP contribution is 2.22. The number of aromatic amines is 1. The summed E-state index contributed by atoms with van der Waals surface area (Å²) in [6.45, 7) is 0. The average Bonchev–Trinajstić information content (AvgIpc) is 2.64. The Balaban J connectivity index is 1.78. The number of H-pyrrole nitrogens is 1.